The lowest BCUT2D eigenvalue weighted by atomic mass is 10.1. The van der Waals surface area contributed by atoms with E-state index in [-0.39, 0.29) is 12.1 Å². The number of hydrogen-bond donors (Lipinski definition) is 2. The number of rotatable bonds is 4. The van der Waals surface area contributed by atoms with Crippen LogP contribution in [0.5, 0.6) is 0 Å². The van der Waals surface area contributed by atoms with E-state index in [4.69, 9.17) is 5.11 Å². The number of amides is 1. The zero-order chi connectivity index (χ0) is 14.5. The lowest BCUT2D eigenvalue weighted by Crippen LogP contribution is -2.23. The lowest BCUT2D eigenvalue weighted by molar-refractivity contribution is -0.159. The van der Waals surface area contributed by atoms with Crippen LogP contribution in [0, 0.1) is 0 Å². The number of benzene rings is 1. The van der Waals surface area contributed by atoms with Crippen LogP contribution in [0.25, 0.3) is 0 Å². The number of halogens is 3. The minimum absolute atomic E-state index is 0.158. The van der Waals surface area contributed by atoms with Crippen LogP contribution in [0.4, 0.5) is 23.7 Å². The Morgan fingerprint density at radius 2 is 2.00 bits per heavy atom. The average molecular weight is 277 g/mol. The number of alkyl halides is 3. The van der Waals surface area contributed by atoms with Crippen LogP contribution in [0.2, 0.25) is 0 Å². The molecule has 0 aliphatic carbocycles. The molecule has 2 N–H and O–H groups in total. The van der Waals surface area contributed by atoms with Crippen molar-refractivity contribution in [1.29, 1.82) is 0 Å². The third-order valence-electron chi connectivity index (χ3n) is 1.90. The molecule has 0 atom stereocenters. The van der Waals surface area contributed by atoms with Gasteiger partial charge in [-0.15, -0.1) is 0 Å². The van der Waals surface area contributed by atoms with Crippen molar-refractivity contribution in [3.8, 4) is 0 Å². The Morgan fingerprint density at radius 1 is 1.32 bits per heavy atom. The summed E-state index contributed by atoms with van der Waals surface area (Å²) >= 11 is 0. The molecule has 1 rings (SSSR count). The third kappa shape index (κ3) is 6.29. The third-order valence-corrected chi connectivity index (χ3v) is 1.90. The molecule has 1 aromatic carbocycles. The molecule has 0 saturated carbocycles. The summed E-state index contributed by atoms with van der Waals surface area (Å²) in [4.78, 5) is 21.5. The van der Waals surface area contributed by atoms with Crippen molar-refractivity contribution in [2.45, 2.75) is 12.6 Å². The van der Waals surface area contributed by atoms with Crippen molar-refractivity contribution in [1.82, 2.24) is 0 Å². The number of anilines is 1. The fourth-order valence-electron chi connectivity index (χ4n) is 1.23. The van der Waals surface area contributed by atoms with Crippen LogP contribution in [-0.2, 0) is 16.0 Å². The molecule has 0 fully saturated rings. The molecule has 0 unspecified atom stereocenters. The van der Waals surface area contributed by atoms with Gasteiger partial charge in [-0.25, -0.2) is 4.79 Å². The van der Waals surface area contributed by atoms with Gasteiger partial charge in [-0.1, -0.05) is 12.1 Å². The highest BCUT2D eigenvalue weighted by molar-refractivity contribution is 5.85. The summed E-state index contributed by atoms with van der Waals surface area (Å²) < 4.78 is 39.3. The molecule has 0 heterocycles. The van der Waals surface area contributed by atoms with Gasteiger partial charge >= 0.3 is 18.2 Å². The van der Waals surface area contributed by atoms with E-state index in [1.165, 1.54) is 24.3 Å². The standard InChI is InChI=1S/C11H10F3NO4/c12-11(13,14)6-19-10(18)15-8-3-1-2-7(4-8)5-9(16)17/h1-4H,5-6H2,(H,15,18)(H,16,17). The molecule has 0 radical (unpaired) electrons. The van der Waals surface area contributed by atoms with Crippen LogP contribution in [0.3, 0.4) is 0 Å². The number of hydrogen-bond acceptors (Lipinski definition) is 3. The highest BCUT2D eigenvalue weighted by atomic mass is 19.4. The van der Waals surface area contributed by atoms with E-state index in [1.807, 2.05) is 0 Å². The molecule has 0 spiro atoms. The minimum atomic E-state index is -4.59. The number of carboxylic acids is 1. The second kappa shape index (κ2) is 6.07. The van der Waals surface area contributed by atoms with Crippen molar-refractivity contribution < 1.29 is 32.6 Å². The summed E-state index contributed by atoms with van der Waals surface area (Å²) in [7, 11) is 0. The topological polar surface area (TPSA) is 75.6 Å². The molecule has 0 saturated heterocycles. The first kappa shape index (κ1) is 14.8. The summed E-state index contributed by atoms with van der Waals surface area (Å²) in [6.07, 6.45) is -6.11. The van der Waals surface area contributed by atoms with Gasteiger partial charge < -0.3 is 9.84 Å². The molecule has 0 aromatic heterocycles. The monoisotopic (exact) mass is 277 g/mol. The fraction of sp³-hybridized carbons (Fsp3) is 0.273. The van der Waals surface area contributed by atoms with Gasteiger partial charge in [-0.05, 0) is 17.7 Å². The first-order chi connectivity index (χ1) is 8.76. The highest BCUT2D eigenvalue weighted by Crippen LogP contribution is 2.16. The predicted molar refractivity (Wildman–Crippen MR) is 58.8 cm³/mol. The van der Waals surface area contributed by atoms with Gasteiger partial charge in [0.1, 0.15) is 0 Å². The molecule has 0 aliphatic heterocycles. The normalized spacial score (nSPS) is 10.9. The van der Waals surface area contributed by atoms with Crippen molar-refractivity contribution >= 4 is 17.7 Å². The number of carbonyl (C=O) groups excluding carboxylic acids is 1. The molecular weight excluding hydrogens is 267 g/mol. The Balaban J connectivity index is 2.57. The maximum absolute atomic E-state index is 11.8. The van der Waals surface area contributed by atoms with E-state index >= 15 is 0 Å². The van der Waals surface area contributed by atoms with Gasteiger partial charge in [0, 0.05) is 5.69 Å². The first-order valence-corrected chi connectivity index (χ1v) is 5.07. The van der Waals surface area contributed by atoms with Gasteiger partial charge in [0.15, 0.2) is 6.61 Å². The van der Waals surface area contributed by atoms with Crippen LogP contribution in [0.15, 0.2) is 24.3 Å². The van der Waals surface area contributed by atoms with Crippen LogP contribution in [0.1, 0.15) is 5.56 Å². The van der Waals surface area contributed by atoms with Crippen molar-refractivity contribution in [3.63, 3.8) is 0 Å². The Hall–Kier alpha value is -2.25. The Morgan fingerprint density at radius 3 is 2.58 bits per heavy atom. The maximum Gasteiger partial charge on any atom is 0.422 e. The van der Waals surface area contributed by atoms with Crippen LogP contribution < -0.4 is 5.32 Å². The molecule has 104 valence electrons. The number of ether oxygens (including phenoxy) is 1. The molecule has 5 nitrogen and oxygen atoms in total. The van der Waals surface area contributed by atoms with E-state index in [2.05, 4.69) is 10.1 Å². The van der Waals surface area contributed by atoms with Gasteiger partial charge in [0.2, 0.25) is 0 Å². The maximum atomic E-state index is 11.8. The van der Waals surface area contributed by atoms with E-state index in [1.54, 1.807) is 0 Å². The van der Waals surface area contributed by atoms with Crippen molar-refractivity contribution in [3.05, 3.63) is 29.8 Å². The van der Waals surface area contributed by atoms with Crippen molar-refractivity contribution in [2.24, 2.45) is 0 Å². The Labute approximate surface area is 106 Å². The number of carbonyl (C=O) groups is 2. The molecule has 19 heavy (non-hydrogen) atoms. The molecular formula is C11H10F3NO4. The van der Waals surface area contributed by atoms with Gasteiger partial charge in [0.05, 0.1) is 6.42 Å². The molecule has 0 bridgehead atoms. The molecule has 1 amide bonds. The van der Waals surface area contributed by atoms with Gasteiger partial charge in [-0.2, -0.15) is 13.2 Å². The van der Waals surface area contributed by atoms with Crippen LogP contribution >= 0.6 is 0 Å². The summed E-state index contributed by atoms with van der Waals surface area (Å²) in [5, 5.41) is 10.7. The average Bonchev–Trinajstić information content (AvgIpc) is 2.25. The predicted octanol–water partition coefficient (Wildman–Crippen LogP) is 2.42. The highest BCUT2D eigenvalue weighted by Gasteiger charge is 2.29. The van der Waals surface area contributed by atoms with Crippen LogP contribution in [-0.4, -0.2) is 30.0 Å². The fourth-order valence-corrected chi connectivity index (χ4v) is 1.23. The van der Waals surface area contributed by atoms with E-state index in [0.717, 1.165) is 0 Å². The molecule has 8 heteroatoms. The SMILES string of the molecule is O=C(O)Cc1cccc(NC(=O)OCC(F)(F)F)c1. The Kier molecular flexibility index (Phi) is 4.74. The van der Waals surface area contributed by atoms with Gasteiger partial charge in [0.25, 0.3) is 0 Å². The Bertz CT molecular complexity index is 473. The molecule has 0 aliphatic rings. The summed E-state index contributed by atoms with van der Waals surface area (Å²) in [6, 6.07) is 5.72. The first-order valence-electron chi connectivity index (χ1n) is 5.07. The minimum Gasteiger partial charge on any atom is -0.481 e. The van der Waals surface area contributed by atoms with E-state index in [9.17, 15) is 22.8 Å². The largest absolute Gasteiger partial charge is 0.481 e. The summed E-state index contributed by atoms with van der Waals surface area (Å²) in [6.45, 7) is -1.69. The second-order valence-corrected chi connectivity index (χ2v) is 3.59. The number of aliphatic carboxylic acids is 1. The molecule has 1 aromatic rings. The smallest absolute Gasteiger partial charge is 0.422 e. The number of carboxylic acid groups (broad SMARTS) is 1. The van der Waals surface area contributed by atoms with Gasteiger partial charge in [-0.3, -0.25) is 10.1 Å². The summed E-state index contributed by atoms with van der Waals surface area (Å²) in [5.41, 5.74) is 0.562. The zero-order valence-electron chi connectivity index (χ0n) is 9.53. The zero-order valence-corrected chi connectivity index (χ0v) is 9.53. The second-order valence-electron chi connectivity index (χ2n) is 3.59. The quantitative estimate of drug-likeness (QED) is 0.886. The summed E-state index contributed by atoms with van der Waals surface area (Å²) in [5.74, 6) is -1.06. The van der Waals surface area contributed by atoms with Crippen molar-refractivity contribution in [2.75, 3.05) is 11.9 Å². The van der Waals surface area contributed by atoms with E-state index in [0.29, 0.717) is 5.56 Å². The number of nitrogens with one attached hydrogen (secondary N) is 1. The lowest BCUT2D eigenvalue weighted by Gasteiger charge is -2.09. The van der Waals surface area contributed by atoms with E-state index < -0.39 is 24.8 Å².